The van der Waals surface area contributed by atoms with Crippen molar-refractivity contribution in [3.63, 3.8) is 0 Å². The number of ether oxygens (including phenoxy) is 1. The number of carbonyl (C=O) groups excluding carboxylic acids is 2. The van der Waals surface area contributed by atoms with Crippen molar-refractivity contribution in [2.24, 2.45) is 0 Å². The Kier molecular flexibility index (Phi) is 7.33. The minimum absolute atomic E-state index is 0.0891. The largest absolute Gasteiger partial charge is 0.508 e. The Balaban J connectivity index is 1.93. The van der Waals surface area contributed by atoms with Crippen molar-refractivity contribution < 1.29 is 29.3 Å². The van der Waals surface area contributed by atoms with E-state index in [2.05, 4.69) is 5.32 Å². The van der Waals surface area contributed by atoms with Crippen LogP contribution < -0.4 is 10.7 Å². The monoisotopic (exact) mass is 471 g/mol. The van der Waals surface area contributed by atoms with Gasteiger partial charge in [0, 0.05) is 40.4 Å². The van der Waals surface area contributed by atoms with Crippen LogP contribution in [-0.4, -0.2) is 40.2 Å². The molecule has 3 aromatic rings. The van der Waals surface area contributed by atoms with Crippen molar-refractivity contribution in [2.45, 2.75) is 45.1 Å². The van der Waals surface area contributed by atoms with Gasteiger partial charge in [0.2, 0.25) is 5.91 Å². The van der Waals surface area contributed by atoms with Crippen molar-refractivity contribution in [1.29, 1.82) is 0 Å². The lowest BCUT2D eigenvalue weighted by Crippen LogP contribution is -2.52. The number of aromatic hydroxyl groups is 1. The van der Waals surface area contributed by atoms with Crippen molar-refractivity contribution in [3.8, 4) is 5.75 Å². The van der Waals surface area contributed by atoms with Gasteiger partial charge in [0.05, 0.1) is 5.54 Å². The summed E-state index contributed by atoms with van der Waals surface area (Å²) >= 11 is 1.40. The number of benzene rings is 2. The highest BCUT2D eigenvalue weighted by Crippen LogP contribution is 2.29. The normalized spacial score (nSPS) is 12.9. The average Bonchev–Trinajstić information content (AvgIpc) is 2.74. The van der Waals surface area contributed by atoms with Gasteiger partial charge >= 0.3 is 11.9 Å². The Hall–Kier alpha value is -3.46. The van der Waals surface area contributed by atoms with Gasteiger partial charge in [0.15, 0.2) is 5.43 Å². The van der Waals surface area contributed by atoms with Gasteiger partial charge in [-0.05, 0) is 55.2 Å². The van der Waals surface area contributed by atoms with Crippen molar-refractivity contribution >= 4 is 49.4 Å². The van der Waals surface area contributed by atoms with Crippen LogP contribution in [0.1, 0.15) is 38.7 Å². The molecule has 0 fully saturated rings. The van der Waals surface area contributed by atoms with Crippen LogP contribution in [0.3, 0.4) is 0 Å². The third-order valence-corrected chi connectivity index (χ3v) is 6.55. The zero-order valence-corrected chi connectivity index (χ0v) is 19.2. The minimum Gasteiger partial charge on any atom is -0.508 e. The predicted octanol–water partition coefficient (Wildman–Crippen LogP) is 3.36. The Bertz CT molecular complexity index is 1260. The number of carboxylic acids is 1. The summed E-state index contributed by atoms with van der Waals surface area (Å²) < 4.78 is 6.63. The highest BCUT2D eigenvalue weighted by atomic mass is 32.1. The molecule has 1 atom stereocenters. The van der Waals surface area contributed by atoms with Gasteiger partial charge in [-0.15, -0.1) is 11.3 Å². The van der Waals surface area contributed by atoms with Crippen molar-refractivity contribution in [1.82, 2.24) is 5.32 Å². The molecule has 0 saturated heterocycles. The molecule has 0 aliphatic rings. The fourth-order valence-corrected chi connectivity index (χ4v) is 4.90. The molecule has 8 nitrogen and oxygen atoms in total. The van der Waals surface area contributed by atoms with Crippen molar-refractivity contribution in [2.75, 3.05) is 6.61 Å². The molecule has 33 heavy (non-hydrogen) atoms. The second-order valence-corrected chi connectivity index (χ2v) is 9.16. The van der Waals surface area contributed by atoms with Crippen LogP contribution in [0.25, 0.3) is 20.2 Å². The van der Waals surface area contributed by atoms with Crippen LogP contribution in [0.2, 0.25) is 0 Å². The molecular weight excluding hydrogens is 446 g/mol. The van der Waals surface area contributed by atoms with E-state index in [1.807, 2.05) is 12.1 Å². The number of carboxylic acid groups (broad SMARTS) is 1. The number of aliphatic carboxylic acids is 1. The van der Waals surface area contributed by atoms with Crippen molar-refractivity contribution in [3.05, 3.63) is 52.2 Å². The van der Waals surface area contributed by atoms with E-state index in [9.17, 15) is 24.3 Å². The van der Waals surface area contributed by atoms with E-state index in [-0.39, 0.29) is 36.5 Å². The molecule has 1 amide bonds. The van der Waals surface area contributed by atoms with Gasteiger partial charge in [0.1, 0.15) is 12.4 Å². The summed E-state index contributed by atoms with van der Waals surface area (Å²) in [7, 11) is 0. The number of carbonyl (C=O) groups is 3. The zero-order chi connectivity index (χ0) is 24.2. The molecule has 3 N–H and O–H groups in total. The van der Waals surface area contributed by atoms with E-state index < -0.39 is 17.5 Å². The quantitative estimate of drug-likeness (QED) is 0.322. The summed E-state index contributed by atoms with van der Waals surface area (Å²) in [5.74, 6) is -1.81. The van der Waals surface area contributed by atoms with Crippen LogP contribution in [0, 0.1) is 0 Å². The number of amides is 1. The number of hydrogen-bond donors (Lipinski definition) is 3. The summed E-state index contributed by atoms with van der Waals surface area (Å²) in [6.07, 6.45) is 0.628. The smallest absolute Gasteiger partial charge is 0.303 e. The maximum Gasteiger partial charge on any atom is 0.303 e. The van der Waals surface area contributed by atoms with Gasteiger partial charge in [-0.2, -0.15) is 0 Å². The topological polar surface area (TPSA) is 130 Å². The molecule has 1 unspecified atom stereocenters. The highest BCUT2D eigenvalue weighted by molar-refractivity contribution is 7.24. The maximum atomic E-state index is 13.0. The fraction of sp³-hybridized carbons (Fsp3) is 0.333. The second-order valence-electron chi connectivity index (χ2n) is 8.08. The lowest BCUT2D eigenvalue weighted by Gasteiger charge is -2.34. The molecule has 9 heteroatoms. The maximum absolute atomic E-state index is 13.0. The second kappa shape index (κ2) is 9.99. The molecule has 0 spiro atoms. The lowest BCUT2D eigenvalue weighted by molar-refractivity contribution is -0.145. The number of esters is 1. The molecule has 174 valence electrons. The first kappa shape index (κ1) is 24.2. The summed E-state index contributed by atoms with van der Waals surface area (Å²) in [5.41, 5.74) is -0.355. The molecule has 3 rings (SSSR count). The van der Waals surface area contributed by atoms with Crippen LogP contribution in [0.4, 0.5) is 0 Å². The number of hydrogen-bond acceptors (Lipinski definition) is 7. The molecule has 0 saturated carbocycles. The third-order valence-electron chi connectivity index (χ3n) is 5.42. The Morgan fingerprint density at radius 2 is 1.79 bits per heavy atom. The Morgan fingerprint density at radius 3 is 2.45 bits per heavy atom. The lowest BCUT2D eigenvalue weighted by atomic mass is 9.87. The summed E-state index contributed by atoms with van der Waals surface area (Å²) in [5, 5.41) is 22.7. The van der Waals surface area contributed by atoms with E-state index in [0.717, 1.165) is 10.3 Å². The number of phenols is 1. The first-order valence-electron chi connectivity index (χ1n) is 10.4. The molecule has 1 heterocycles. The van der Waals surface area contributed by atoms with Crippen LogP contribution in [0.15, 0.2) is 41.2 Å². The van der Waals surface area contributed by atoms with Crippen LogP contribution in [-0.2, 0) is 25.5 Å². The Morgan fingerprint density at radius 1 is 1.03 bits per heavy atom. The molecule has 2 aromatic carbocycles. The minimum atomic E-state index is -1.05. The molecule has 0 bridgehead atoms. The van der Waals surface area contributed by atoms with Crippen LogP contribution >= 0.6 is 11.3 Å². The standard InChI is InChI=1S/C24H25NO7S/c1-14(26)25-24(10-8-22(29)30,13-32-15(2)27)9-7-16-3-6-20-19(11-16)23(31)18-5-4-17(28)12-21(18)33-20/h3-6,11-12,28H,7-10,13H2,1-2H3,(H,25,26)(H,29,30). The van der Waals surface area contributed by atoms with Gasteiger partial charge in [-0.1, -0.05) is 6.07 Å². The summed E-state index contributed by atoms with van der Waals surface area (Å²) in [4.78, 5) is 47.5. The number of fused-ring (bicyclic) bond motifs is 2. The zero-order valence-electron chi connectivity index (χ0n) is 18.3. The van der Waals surface area contributed by atoms with Gasteiger partial charge in [-0.25, -0.2) is 0 Å². The van der Waals surface area contributed by atoms with Gasteiger partial charge in [-0.3, -0.25) is 19.2 Å². The number of aryl methyl sites for hydroxylation is 1. The van der Waals surface area contributed by atoms with E-state index in [4.69, 9.17) is 9.84 Å². The number of phenolic OH excluding ortho intramolecular Hbond substituents is 1. The molecular formula is C24H25NO7S. The molecule has 0 aliphatic heterocycles. The molecule has 0 aliphatic carbocycles. The van der Waals surface area contributed by atoms with Gasteiger partial charge in [0.25, 0.3) is 0 Å². The summed E-state index contributed by atoms with van der Waals surface area (Å²) in [6.45, 7) is 2.43. The van der Waals surface area contributed by atoms with E-state index >= 15 is 0 Å². The molecule has 1 aromatic heterocycles. The predicted molar refractivity (Wildman–Crippen MR) is 126 cm³/mol. The first-order chi connectivity index (χ1) is 15.6. The van der Waals surface area contributed by atoms with E-state index in [1.165, 1.54) is 31.3 Å². The first-order valence-corrected chi connectivity index (χ1v) is 11.2. The van der Waals surface area contributed by atoms with E-state index in [0.29, 0.717) is 28.3 Å². The van der Waals surface area contributed by atoms with Gasteiger partial charge < -0.3 is 20.3 Å². The number of nitrogens with one attached hydrogen (secondary N) is 1. The van der Waals surface area contributed by atoms with E-state index in [1.54, 1.807) is 18.2 Å². The number of rotatable bonds is 9. The molecule has 0 radical (unpaired) electrons. The Labute approximate surface area is 193 Å². The average molecular weight is 472 g/mol. The SMILES string of the molecule is CC(=O)NC(CCC(=O)O)(CCc1ccc2sc3cc(O)ccc3c(=O)c2c1)COC(C)=O. The highest BCUT2D eigenvalue weighted by Gasteiger charge is 2.33. The summed E-state index contributed by atoms with van der Waals surface area (Å²) in [6, 6.07) is 10.1. The fourth-order valence-electron chi connectivity index (χ4n) is 3.82. The van der Waals surface area contributed by atoms with Crippen LogP contribution in [0.5, 0.6) is 5.75 Å². The third kappa shape index (κ3) is 6.07.